The quantitative estimate of drug-likeness (QED) is 0.611. The largest absolute Gasteiger partial charge is 0.305 e. The fourth-order valence-electron chi connectivity index (χ4n) is 2.25. The molecule has 1 amide bonds. The lowest BCUT2D eigenvalue weighted by Gasteiger charge is -2.00. The van der Waals surface area contributed by atoms with Crippen LogP contribution in [0.5, 0.6) is 0 Å². The summed E-state index contributed by atoms with van der Waals surface area (Å²) in [4.78, 5) is 17.3. The van der Waals surface area contributed by atoms with Crippen molar-refractivity contribution in [2.45, 2.75) is 13.5 Å². The third-order valence-corrected chi connectivity index (χ3v) is 4.95. The molecule has 23 heavy (non-hydrogen) atoms. The highest BCUT2D eigenvalue weighted by atomic mass is 79.9. The zero-order valence-corrected chi connectivity index (χ0v) is 14.8. The molecule has 3 nitrogen and oxygen atoms in total. The van der Waals surface area contributed by atoms with E-state index in [0.29, 0.717) is 16.9 Å². The second-order valence-electron chi connectivity index (χ2n) is 5.07. The smallest absolute Gasteiger partial charge is 0.279 e. The van der Waals surface area contributed by atoms with E-state index in [1.54, 1.807) is 12.1 Å². The van der Waals surface area contributed by atoms with Crippen LogP contribution in [-0.4, -0.2) is 10.5 Å². The predicted octanol–water partition coefficient (Wildman–Crippen LogP) is 4.15. The molecule has 2 aromatic carbocycles. The molecule has 3 rings (SSSR count). The van der Waals surface area contributed by atoms with Crippen molar-refractivity contribution in [3.8, 4) is 12.3 Å². The number of amides is 1. The second-order valence-corrected chi connectivity index (χ2v) is 6.99. The van der Waals surface area contributed by atoms with Crippen molar-refractivity contribution in [1.29, 1.82) is 0 Å². The third kappa shape index (κ3) is 3.29. The Morgan fingerprint density at radius 2 is 2.04 bits per heavy atom. The Morgan fingerprint density at radius 3 is 2.74 bits per heavy atom. The van der Waals surface area contributed by atoms with E-state index in [1.165, 1.54) is 11.3 Å². The maximum absolute atomic E-state index is 12.4. The van der Waals surface area contributed by atoms with Crippen LogP contribution in [0.15, 0.2) is 51.9 Å². The average Bonchev–Trinajstić information content (AvgIpc) is 2.85. The number of hydrogen-bond acceptors (Lipinski definition) is 2. The fourth-order valence-corrected chi connectivity index (χ4v) is 3.64. The molecule has 0 radical (unpaired) electrons. The normalized spacial score (nSPS) is 11.6. The summed E-state index contributed by atoms with van der Waals surface area (Å²) in [6.07, 6.45) is 5.47. The Morgan fingerprint density at radius 1 is 1.30 bits per heavy atom. The van der Waals surface area contributed by atoms with Gasteiger partial charge >= 0.3 is 0 Å². The summed E-state index contributed by atoms with van der Waals surface area (Å²) < 4.78 is 3.90. The first-order valence-corrected chi connectivity index (χ1v) is 8.57. The Labute approximate surface area is 146 Å². The number of aryl methyl sites for hydroxylation is 1. The maximum Gasteiger partial charge on any atom is 0.279 e. The molecule has 0 saturated heterocycles. The van der Waals surface area contributed by atoms with Crippen LogP contribution in [0.25, 0.3) is 10.2 Å². The summed E-state index contributed by atoms with van der Waals surface area (Å²) in [5.41, 5.74) is 2.72. The summed E-state index contributed by atoms with van der Waals surface area (Å²) >= 11 is 4.83. The van der Waals surface area contributed by atoms with E-state index in [4.69, 9.17) is 6.42 Å². The summed E-state index contributed by atoms with van der Waals surface area (Å²) in [6.45, 7) is 2.42. The van der Waals surface area contributed by atoms with Crippen molar-refractivity contribution in [3.05, 3.63) is 62.9 Å². The third-order valence-electron chi connectivity index (χ3n) is 3.38. The van der Waals surface area contributed by atoms with Gasteiger partial charge in [-0.1, -0.05) is 39.3 Å². The van der Waals surface area contributed by atoms with Crippen LogP contribution < -0.4 is 4.80 Å². The highest BCUT2D eigenvalue weighted by molar-refractivity contribution is 9.10. The molecule has 0 unspecified atom stereocenters. The molecule has 0 spiro atoms. The van der Waals surface area contributed by atoms with E-state index in [2.05, 4.69) is 32.9 Å². The number of nitrogens with zero attached hydrogens (tertiary/aromatic N) is 2. The molecular formula is C18H13BrN2OS. The van der Waals surface area contributed by atoms with E-state index in [9.17, 15) is 4.79 Å². The zero-order chi connectivity index (χ0) is 16.4. The van der Waals surface area contributed by atoms with Crippen molar-refractivity contribution < 1.29 is 4.79 Å². The number of carbonyl (C=O) groups excluding carboxylic acids is 1. The second kappa shape index (κ2) is 6.53. The van der Waals surface area contributed by atoms with Crippen molar-refractivity contribution >= 4 is 43.4 Å². The van der Waals surface area contributed by atoms with Gasteiger partial charge in [-0.25, -0.2) is 0 Å². The molecule has 114 valence electrons. The average molecular weight is 385 g/mol. The van der Waals surface area contributed by atoms with Crippen molar-refractivity contribution in [1.82, 2.24) is 4.57 Å². The number of terminal acetylenes is 1. The molecule has 1 aromatic heterocycles. The Hall–Kier alpha value is -2.16. The Bertz CT molecular complexity index is 991. The fraction of sp³-hybridized carbons (Fsp3) is 0.111. The molecule has 0 aliphatic carbocycles. The number of fused-ring (bicyclic) bond motifs is 1. The summed E-state index contributed by atoms with van der Waals surface area (Å²) in [7, 11) is 0. The number of rotatable bonds is 2. The topological polar surface area (TPSA) is 34.4 Å². The SMILES string of the molecule is C#CCn1c(=NC(=O)c2ccc(Br)cc2)sc2cc(C)ccc21. The van der Waals surface area contributed by atoms with Crippen LogP contribution in [0, 0.1) is 19.3 Å². The monoisotopic (exact) mass is 384 g/mol. The molecule has 5 heteroatoms. The molecule has 0 bridgehead atoms. The molecular weight excluding hydrogens is 372 g/mol. The van der Waals surface area contributed by atoms with Gasteiger partial charge in [-0.05, 0) is 48.9 Å². The van der Waals surface area contributed by atoms with Gasteiger partial charge in [0, 0.05) is 10.0 Å². The summed E-state index contributed by atoms with van der Waals surface area (Å²) in [5, 5.41) is 0. The van der Waals surface area contributed by atoms with E-state index in [-0.39, 0.29) is 5.91 Å². The van der Waals surface area contributed by atoms with Gasteiger partial charge in [0.15, 0.2) is 4.80 Å². The van der Waals surface area contributed by atoms with Gasteiger partial charge in [-0.15, -0.1) is 6.42 Å². The molecule has 0 aliphatic heterocycles. The minimum Gasteiger partial charge on any atom is -0.305 e. The number of carbonyl (C=O) groups is 1. The van der Waals surface area contributed by atoms with Crippen LogP contribution in [-0.2, 0) is 6.54 Å². The maximum atomic E-state index is 12.4. The van der Waals surface area contributed by atoms with Crippen molar-refractivity contribution in [2.24, 2.45) is 4.99 Å². The van der Waals surface area contributed by atoms with Crippen LogP contribution >= 0.6 is 27.3 Å². The number of benzene rings is 2. The van der Waals surface area contributed by atoms with Gasteiger partial charge in [-0.3, -0.25) is 4.79 Å². The van der Waals surface area contributed by atoms with Gasteiger partial charge < -0.3 is 4.57 Å². The van der Waals surface area contributed by atoms with Crippen LogP contribution in [0.3, 0.4) is 0 Å². The van der Waals surface area contributed by atoms with Gasteiger partial charge in [0.05, 0.1) is 16.8 Å². The van der Waals surface area contributed by atoms with E-state index in [1.807, 2.05) is 35.8 Å². The summed E-state index contributed by atoms with van der Waals surface area (Å²) in [6, 6.07) is 13.3. The zero-order valence-electron chi connectivity index (χ0n) is 12.4. The Balaban J connectivity index is 2.14. The van der Waals surface area contributed by atoms with Gasteiger partial charge in [0.1, 0.15) is 0 Å². The number of thiazole rings is 1. The minimum atomic E-state index is -0.272. The summed E-state index contributed by atoms with van der Waals surface area (Å²) in [5.74, 6) is 2.36. The van der Waals surface area contributed by atoms with Crippen molar-refractivity contribution in [2.75, 3.05) is 0 Å². The first kappa shape index (κ1) is 15.7. The molecule has 0 fully saturated rings. The molecule has 0 aliphatic rings. The highest BCUT2D eigenvalue weighted by Gasteiger charge is 2.09. The lowest BCUT2D eigenvalue weighted by atomic mass is 10.2. The minimum absolute atomic E-state index is 0.272. The first-order valence-electron chi connectivity index (χ1n) is 6.96. The molecule has 0 N–H and O–H groups in total. The standard InChI is InChI=1S/C18H13BrN2OS/c1-3-10-21-15-9-4-12(2)11-16(15)23-18(21)20-17(22)13-5-7-14(19)8-6-13/h1,4-9,11H,10H2,2H3. The van der Waals surface area contributed by atoms with Crippen molar-refractivity contribution in [3.63, 3.8) is 0 Å². The van der Waals surface area contributed by atoms with Crippen LogP contribution in [0.1, 0.15) is 15.9 Å². The number of hydrogen-bond donors (Lipinski definition) is 0. The number of halogens is 1. The van der Waals surface area contributed by atoms with E-state index >= 15 is 0 Å². The van der Waals surface area contributed by atoms with Crippen LogP contribution in [0.4, 0.5) is 0 Å². The van der Waals surface area contributed by atoms with Gasteiger partial charge in [0.2, 0.25) is 0 Å². The van der Waals surface area contributed by atoms with E-state index < -0.39 is 0 Å². The number of aromatic nitrogens is 1. The Kier molecular flexibility index (Phi) is 4.46. The van der Waals surface area contributed by atoms with E-state index in [0.717, 1.165) is 20.3 Å². The van der Waals surface area contributed by atoms with Gasteiger partial charge in [0.25, 0.3) is 5.91 Å². The first-order chi connectivity index (χ1) is 11.1. The molecule has 0 saturated carbocycles. The lowest BCUT2D eigenvalue weighted by Crippen LogP contribution is -2.16. The molecule has 0 atom stereocenters. The molecule has 3 aromatic rings. The predicted molar refractivity (Wildman–Crippen MR) is 97.4 cm³/mol. The lowest BCUT2D eigenvalue weighted by molar-refractivity contribution is 0.0998. The van der Waals surface area contributed by atoms with Crippen LogP contribution in [0.2, 0.25) is 0 Å². The highest BCUT2D eigenvalue weighted by Crippen LogP contribution is 2.19. The molecule has 1 heterocycles. The van der Waals surface area contributed by atoms with Gasteiger partial charge in [-0.2, -0.15) is 4.99 Å².